The van der Waals surface area contributed by atoms with Gasteiger partial charge in [0.25, 0.3) is 0 Å². The summed E-state index contributed by atoms with van der Waals surface area (Å²) in [6.45, 7) is 11.0. The molecule has 1 saturated heterocycles. The highest BCUT2D eigenvalue weighted by molar-refractivity contribution is 5.79. The molecule has 0 radical (unpaired) electrons. The number of anilines is 1. The van der Waals surface area contributed by atoms with Crippen LogP contribution in [0.1, 0.15) is 32.1 Å². The van der Waals surface area contributed by atoms with Crippen LogP contribution in [0, 0.1) is 0 Å². The van der Waals surface area contributed by atoms with Gasteiger partial charge in [0.1, 0.15) is 0 Å². The van der Waals surface area contributed by atoms with E-state index in [1.54, 1.807) is 0 Å². The Hall–Kier alpha value is -2.15. The van der Waals surface area contributed by atoms with Crippen LogP contribution in [0.4, 0.5) is 5.95 Å². The van der Waals surface area contributed by atoms with Crippen molar-refractivity contribution in [1.29, 1.82) is 0 Å². The zero-order chi connectivity index (χ0) is 20.0. The standard InChI is InChI=1S/C21H37N7/c1-4-5-6-7-8-14-26(3)20(22-2)23-13-10-15-27-16-18-28(19-17-27)21-24-11-9-12-25-21/h4,9,11-12H,1,5-8,10,13-19H2,2-3H3,(H,22,23). The number of hydrogen-bond acceptors (Lipinski definition) is 5. The Morgan fingerprint density at radius 3 is 2.61 bits per heavy atom. The first-order chi connectivity index (χ1) is 13.7. The van der Waals surface area contributed by atoms with Gasteiger partial charge in [0.2, 0.25) is 5.95 Å². The quantitative estimate of drug-likeness (QED) is 0.272. The first-order valence-electron chi connectivity index (χ1n) is 10.5. The zero-order valence-corrected chi connectivity index (χ0v) is 17.7. The third kappa shape index (κ3) is 7.84. The Morgan fingerprint density at radius 1 is 1.18 bits per heavy atom. The van der Waals surface area contributed by atoms with Crippen LogP contribution >= 0.6 is 0 Å². The van der Waals surface area contributed by atoms with Gasteiger partial charge in [-0.2, -0.15) is 0 Å². The van der Waals surface area contributed by atoms with Gasteiger partial charge in [-0.3, -0.25) is 9.89 Å². The second-order valence-corrected chi connectivity index (χ2v) is 7.26. The van der Waals surface area contributed by atoms with Gasteiger partial charge in [-0.15, -0.1) is 6.58 Å². The normalized spacial score (nSPS) is 15.5. The van der Waals surface area contributed by atoms with Crippen molar-refractivity contribution in [1.82, 2.24) is 25.1 Å². The van der Waals surface area contributed by atoms with Crippen molar-refractivity contribution in [2.24, 2.45) is 4.99 Å². The lowest BCUT2D eigenvalue weighted by Gasteiger charge is -2.34. The monoisotopic (exact) mass is 387 g/mol. The molecule has 156 valence electrons. The van der Waals surface area contributed by atoms with Gasteiger partial charge in [-0.1, -0.05) is 12.5 Å². The summed E-state index contributed by atoms with van der Waals surface area (Å²) in [6, 6.07) is 1.86. The third-order valence-electron chi connectivity index (χ3n) is 5.12. The summed E-state index contributed by atoms with van der Waals surface area (Å²) in [7, 11) is 3.98. The minimum Gasteiger partial charge on any atom is -0.356 e. The van der Waals surface area contributed by atoms with Crippen LogP contribution in [0.3, 0.4) is 0 Å². The van der Waals surface area contributed by atoms with E-state index in [4.69, 9.17) is 0 Å². The van der Waals surface area contributed by atoms with Crippen LogP contribution in [-0.4, -0.2) is 85.6 Å². The molecule has 28 heavy (non-hydrogen) atoms. The number of piperazine rings is 1. The number of nitrogens with zero attached hydrogens (tertiary/aromatic N) is 6. The second-order valence-electron chi connectivity index (χ2n) is 7.26. The van der Waals surface area contributed by atoms with Crippen molar-refractivity contribution in [2.75, 3.05) is 64.8 Å². The van der Waals surface area contributed by atoms with Gasteiger partial charge in [-0.25, -0.2) is 9.97 Å². The highest BCUT2D eigenvalue weighted by Gasteiger charge is 2.18. The Morgan fingerprint density at radius 2 is 1.93 bits per heavy atom. The molecule has 7 heteroatoms. The van der Waals surface area contributed by atoms with Gasteiger partial charge < -0.3 is 15.1 Å². The predicted octanol–water partition coefficient (Wildman–Crippen LogP) is 2.24. The number of nitrogens with one attached hydrogen (secondary N) is 1. The molecule has 1 aromatic heterocycles. The molecule has 1 aliphatic rings. The lowest BCUT2D eigenvalue weighted by Crippen LogP contribution is -2.47. The molecule has 0 spiro atoms. The molecule has 2 rings (SSSR count). The average molecular weight is 388 g/mol. The largest absolute Gasteiger partial charge is 0.356 e. The van der Waals surface area contributed by atoms with Crippen LogP contribution in [0.2, 0.25) is 0 Å². The number of guanidine groups is 1. The number of hydrogen-bond donors (Lipinski definition) is 1. The predicted molar refractivity (Wildman–Crippen MR) is 118 cm³/mol. The molecule has 0 saturated carbocycles. The summed E-state index contributed by atoms with van der Waals surface area (Å²) < 4.78 is 0. The van der Waals surface area contributed by atoms with Gasteiger partial charge in [0, 0.05) is 65.8 Å². The molecule has 1 aromatic rings. The molecular formula is C21H37N7. The Kier molecular flexibility index (Phi) is 10.4. The van der Waals surface area contributed by atoms with Crippen molar-refractivity contribution in [3.63, 3.8) is 0 Å². The number of rotatable bonds is 11. The lowest BCUT2D eigenvalue weighted by molar-refractivity contribution is 0.254. The first-order valence-corrected chi connectivity index (χ1v) is 10.5. The molecular weight excluding hydrogens is 350 g/mol. The van der Waals surface area contributed by atoms with Crippen LogP contribution in [0.5, 0.6) is 0 Å². The molecule has 1 aliphatic heterocycles. The maximum absolute atomic E-state index is 4.41. The smallest absolute Gasteiger partial charge is 0.225 e. The van der Waals surface area contributed by atoms with E-state index in [0.29, 0.717) is 0 Å². The van der Waals surface area contributed by atoms with E-state index in [-0.39, 0.29) is 0 Å². The topological polar surface area (TPSA) is 59.9 Å². The van der Waals surface area contributed by atoms with Crippen LogP contribution in [0.25, 0.3) is 0 Å². The summed E-state index contributed by atoms with van der Waals surface area (Å²) in [5.41, 5.74) is 0. The summed E-state index contributed by atoms with van der Waals surface area (Å²) in [5.74, 6) is 1.84. The Bertz CT molecular complexity index is 567. The highest BCUT2D eigenvalue weighted by Crippen LogP contribution is 2.09. The van der Waals surface area contributed by atoms with E-state index in [1.165, 1.54) is 19.3 Å². The van der Waals surface area contributed by atoms with Crippen molar-refractivity contribution < 1.29 is 0 Å². The van der Waals surface area contributed by atoms with Crippen molar-refractivity contribution in [3.05, 3.63) is 31.1 Å². The lowest BCUT2D eigenvalue weighted by atomic mass is 10.2. The van der Waals surface area contributed by atoms with Crippen LogP contribution in [0.15, 0.2) is 36.1 Å². The van der Waals surface area contributed by atoms with E-state index < -0.39 is 0 Å². The molecule has 0 bridgehead atoms. The minimum atomic E-state index is 0.847. The first kappa shape index (κ1) is 22.1. The molecule has 0 aromatic carbocycles. The fourth-order valence-electron chi connectivity index (χ4n) is 3.43. The van der Waals surface area contributed by atoms with Crippen LogP contribution < -0.4 is 10.2 Å². The fourth-order valence-corrected chi connectivity index (χ4v) is 3.43. The minimum absolute atomic E-state index is 0.847. The number of allylic oxidation sites excluding steroid dienone is 1. The third-order valence-corrected chi connectivity index (χ3v) is 5.12. The average Bonchev–Trinajstić information content (AvgIpc) is 2.74. The molecule has 0 unspecified atom stereocenters. The molecule has 0 atom stereocenters. The molecule has 0 amide bonds. The number of aromatic nitrogens is 2. The van der Waals surface area contributed by atoms with Gasteiger partial charge in [-0.05, 0) is 38.3 Å². The van der Waals surface area contributed by atoms with Crippen molar-refractivity contribution >= 4 is 11.9 Å². The number of unbranched alkanes of at least 4 members (excludes halogenated alkanes) is 3. The van der Waals surface area contributed by atoms with Gasteiger partial charge >= 0.3 is 0 Å². The van der Waals surface area contributed by atoms with Crippen LogP contribution in [-0.2, 0) is 0 Å². The Balaban J connectivity index is 1.57. The summed E-state index contributed by atoms with van der Waals surface area (Å²) in [5, 5.41) is 3.50. The molecule has 7 nitrogen and oxygen atoms in total. The van der Waals surface area contributed by atoms with Crippen molar-refractivity contribution in [3.8, 4) is 0 Å². The maximum Gasteiger partial charge on any atom is 0.225 e. The molecule has 2 heterocycles. The van der Waals surface area contributed by atoms with E-state index in [2.05, 4.69) is 48.6 Å². The van der Waals surface area contributed by atoms with Crippen molar-refractivity contribution in [2.45, 2.75) is 32.1 Å². The maximum atomic E-state index is 4.41. The number of aliphatic imine (C=N–C) groups is 1. The highest BCUT2D eigenvalue weighted by atomic mass is 15.3. The molecule has 1 N–H and O–H groups in total. The van der Waals surface area contributed by atoms with Gasteiger partial charge in [0.15, 0.2) is 5.96 Å². The second kappa shape index (κ2) is 13.1. The SMILES string of the molecule is C=CCCCCCN(C)C(=NC)NCCCN1CCN(c2ncccn2)CC1. The van der Waals surface area contributed by atoms with E-state index in [0.717, 1.165) is 70.6 Å². The summed E-state index contributed by atoms with van der Waals surface area (Å²) >= 11 is 0. The van der Waals surface area contributed by atoms with E-state index >= 15 is 0 Å². The molecule has 0 aliphatic carbocycles. The van der Waals surface area contributed by atoms with E-state index in [1.807, 2.05) is 31.6 Å². The zero-order valence-electron chi connectivity index (χ0n) is 17.7. The summed E-state index contributed by atoms with van der Waals surface area (Å²) in [4.78, 5) is 20.1. The fraction of sp³-hybridized carbons (Fsp3) is 0.667. The molecule has 1 fully saturated rings. The van der Waals surface area contributed by atoms with Gasteiger partial charge in [0.05, 0.1) is 0 Å². The Labute approximate surface area is 170 Å². The summed E-state index contributed by atoms with van der Waals surface area (Å²) in [6.07, 6.45) is 11.5. The van der Waals surface area contributed by atoms with E-state index in [9.17, 15) is 0 Å².